The third kappa shape index (κ3) is 6.06. The highest BCUT2D eigenvalue weighted by Gasteiger charge is 2.21. The second-order valence-electron chi connectivity index (χ2n) is 14.2. The molecule has 0 saturated heterocycles. The maximum atomic E-state index is 9.95. The number of aromatic nitrogens is 5. The van der Waals surface area contributed by atoms with Crippen LogP contribution in [0, 0.1) is 0 Å². The van der Waals surface area contributed by atoms with Gasteiger partial charge in [-0.3, -0.25) is 9.13 Å². The van der Waals surface area contributed by atoms with E-state index < -0.39 is 177 Å². The molecule has 0 aliphatic carbocycles. The summed E-state index contributed by atoms with van der Waals surface area (Å²) < 4.78 is 182. The lowest BCUT2D eigenvalue weighted by Crippen LogP contribution is -2.10. The fourth-order valence-electron chi connectivity index (χ4n) is 7.74. The van der Waals surface area contributed by atoms with E-state index in [0.29, 0.717) is 5.56 Å². The van der Waals surface area contributed by atoms with E-state index >= 15 is 0 Å². The van der Waals surface area contributed by atoms with Crippen molar-refractivity contribution < 1.29 is 27.4 Å². The Morgan fingerprint density at radius 3 is 1.31 bits per heavy atom. The van der Waals surface area contributed by atoms with Crippen LogP contribution >= 0.6 is 0 Å². The summed E-state index contributed by atoms with van der Waals surface area (Å²) in [6.07, 6.45) is 0. The Bertz CT molecular complexity index is 4650. The molecule has 5 nitrogen and oxygen atoms in total. The lowest BCUT2D eigenvalue weighted by molar-refractivity contribution is 0.893. The van der Waals surface area contributed by atoms with Crippen molar-refractivity contribution in [3.8, 4) is 67.8 Å². The van der Waals surface area contributed by atoms with Crippen LogP contribution in [0.5, 0.6) is 0 Å². The number of rotatable bonds is 7. The van der Waals surface area contributed by atoms with Gasteiger partial charge in [-0.1, -0.05) is 176 Å². The zero-order valence-corrected chi connectivity index (χ0v) is 32.1. The van der Waals surface area contributed by atoms with Gasteiger partial charge in [0.25, 0.3) is 0 Å². The molecule has 5 heteroatoms. The van der Waals surface area contributed by atoms with Gasteiger partial charge < -0.3 is 0 Å². The summed E-state index contributed by atoms with van der Waals surface area (Å²) in [6, 6.07) is 17.3. The SMILES string of the molecule is [2H]c1c([2H])c([2H])c(-c2c([2H])c([2H])c3c4c([2H])c([2H])c([2H])c([2H])c4n(-c4nc(-c5cccc(-c6cc(-c7ccccc7)cc(-c7ccccc7)c6)c5)nc(-n5c6c([2H])c([2H])c([2H])c([2H])c6c6c([2H])c([2H])c([2H])c([2H])c65)n4)c3c2[2H])c([2H])c1[2H]. The molecule has 0 aliphatic heterocycles. The molecule has 290 valence electrons. The number of fused-ring (bicyclic) bond motifs is 6. The minimum Gasteiger partial charge on any atom is -0.278 e. The van der Waals surface area contributed by atoms with E-state index in [1.54, 1.807) is 18.2 Å². The summed E-state index contributed by atoms with van der Waals surface area (Å²) in [5.41, 5.74) is 2.20. The van der Waals surface area contributed by atoms with E-state index in [2.05, 4.69) is 6.07 Å². The predicted molar refractivity (Wildman–Crippen MR) is 256 cm³/mol. The average molecular weight is 812 g/mol. The van der Waals surface area contributed by atoms with Crippen molar-refractivity contribution in [2.24, 2.45) is 0 Å². The molecular weight excluding hydrogens is 755 g/mol. The molecule has 0 unspecified atom stereocenters. The van der Waals surface area contributed by atoms with Crippen LogP contribution < -0.4 is 0 Å². The van der Waals surface area contributed by atoms with Gasteiger partial charge in [0.2, 0.25) is 11.9 Å². The smallest absolute Gasteiger partial charge is 0.240 e. The van der Waals surface area contributed by atoms with Crippen LogP contribution in [0.4, 0.5) is 0 Å². The second-order valence-corrected chi connectivity index (χ2v) is 14.2. The van der Waals surface area contributed by atoms with Gasteiger partial charge in [0, 0.05) is 27.1 Å². The number of hydrogen-bond donors (Lipinski definition) is 0. The normalized spacial score (nSPS) is 16.1. The van der Waals surface area contributed by atoms with E-state index in [9.17, 15) is 9.60 Å². The number of hydrogen-bond acceptors (Lipinski definition) is 3. The molecule has 3 aromatic heterocycles. The average Bonchev–Trinajstić information content (AvgIpc) is 4.04. The molecule has 3 heterocycles. The van der Waals surface area contributed by atoms with Crippen LogP contribution in [0.15, 0.2) is 224 Å². The number of nitrogens with zero attached hydrogens (tertiary/aromatic N) is 5. The van der Waals surface area contributed by atoms with Gasteiger partial charge in [-0.25, -0.2) is 0 Å². The van der Waals surface area contributed by atoms with Crippen LogP contribution in [0.3, 0.4) is 0 Å². The first-order valence-corrected chi connectivity index (χ1v) is 19.3. The Hall–Kier alpha value is -8.41. The van der Waals surface area contributed by atoms with Gasteiger partial charge in [-0.05, 0) is 92.9 Å². The maximum Gasteiger partial charge on any atom is 0.240 e. The van der Waals surface area contributed by atoms with Crippen molar-refractivity contribution in [2.45, 2.75) is 0 Å². The van der Waals surface area contributed by atoms with Gasteiger partial charge in [0.1, 0.15) is 0 Å². The molecule has 12 rings (SSSR count). The van der Waals surface area contributed by atoms with Crippen molar-refractivity contribution in [1.82, 2.24) is 24.1 Å². The van der Waals surface area contributed by atoms with Crippen molar-refractivity contribution in [2.75, 3.05) is 0 Å². The third-order valence-corrected chi connectivity index (χ3v) is 10.6. The summed E-state index contributed by atoms with van der Waals surface area (Å²) in [5, 5.41) is -1.45. The third-order valence-electron chi connectivity index (χ3n) is 10.6. The van der Waals surface area contributed by atoms with Crippen molar-refractivity contribution in [3.63, 3.8) is 0 Å². The second kappa shape index (κ2) is 14.7. The Kier molecular flexibility index (Phi) is 4.91. The van der Waals surface area contributed by atoms with Gasteiger partial charge in [-0.2, -0.15) is 15.0 Å². The predicted octanol–water partition coefficient (Wildman–Crippen LogP) is 14.4. The highest BCUT2D eigenvalue weighted by molar-refractivity contribution is 6.11. The highest BCUT2D eigenvalue weighted by Crippen LogP contribution is 2.38. The Labute approximate surface area is 386 Å². The fourth-order valence-corrected chi connectivity index (χ4v) is 7.74. The van der Waals surface area contributed by atoms with E-state index in [1.807, 2.05) is 78.9 Å². The van der Waals surface area contributed by atoms with Gasteiger partial charge in [-0.15, -0.1) is 0 Å². The summed E-state index contributed by atoms with van der Waals surface area (Å²) in [5.74, 6) is -1.39. The largest absolute Gasteiger partial charge is 0.278 e. The Morgan fingerprint density at radius 2 is 0.742 bits per heavy atom. The lowest BCUT2D eigenvalue weighted by Gasteiger charge is -2.14. The molecule has 0 fully saturated rings. The zero-order chi connectivity index (χ0) is 58.4. The molecule has 0 bridgehead atoms. The van der Waals surface area contributed by atoms with Gasteiger partial charge in [0.05, 0.1) is 49.5 Å². The van der Waals surface area contributed by atoms with Crippen LogP contribution in [0.2, 0.25) is 0 Å². The Morgan fingerprint density at radius 1 is 0.306 bits per heavy atom. The van der Waals surface area contributed by atoms with Gasteiger partial charge in [0.15, 0.2) is 5.82 Å². The number of para-hydroxylation sites is 3. The summed E-state index contributed by atoms with van der Waals surface area (Å²) in [6.45, 7) is 0. The first kappa shape index (κ1) is 20.7. The van der Waals surface area contributed by atoms with Crippen molar-refractivity contribution >= 4 is 43.6 Å². The van der Waals surface area contributed by atoms with E-state index in [-0.39, 0.29) is 22.2 Å². The fraction of sp³-hybridized carbons (Fsp3) is 0. The maximum absolute atomic E-state index is 9.95. The molecular formula is C57H37N5. The van der Waals surface area contributed by atoms with E-state index in [4.69, 9.17) is 32.8 Å². The molecule has 62 heavy (non-hydrogen) atoms. The molecule has 0 radical (unpaired) electrons. The van der Waals surface area contributed by atoms with Gasteiger partial charge >= 0.3 is 0 Å². The topological polar surface area (TPSA) is 48.5 Å². The monoisotopic (exact) mass is 811 g/mol. The van der Waals surface area contributed by atoms with E-state index in [1.165, 1.54) is 0 Å². The molecule has 0 N–H and O–H groups in total. The molecule has 9 aromatic carbocycles. The quantitative estimate of drug-likeness (QED) is 0.161. The van der Waals surface area contributed by atoms with Crippen LogP contribution in [-0.2, 0) is 0 Å². The molecule has 0 spiro atoms. The van der Waals surface area contributed by atoms with Crippen LogP contribution in [0.1, 0.15) is 27.4 Å². The van der Waals surface area contributed by atoms with Crippen LogP contribution in [-0.4, -0.2) is 24.1 Å². The summed E-state index contributed by atoms with van der Waals surface area (Å²) in [7, 11) is 0. The highest BCUT2D eigenvalue weighted by atomic mass is 15.3. The molecule has 0 aliphatic rings. The number of benzene rings is 9. The molecule has 0 saturated carbocycles. The minimum absolute atomic E-state index is 0.238. The molecule has 0 atom stereocenters. The van der Waals surface area contributed by atoms with Crippen LogP contribution in [0.25, 0.3) is 111 Å². The van der Waals surface area contributed by atoms with E-state index in [0.717, 1.165) is 37.0 Å². The minimum atomic E-state index is -0.825. The molecule has 0 amide bonds. The molecule has 12 aromatic rings. The standard InChI is InChI=1S/C57H37N5/c1-4-17-38(18-5-1)42-31-32-50-49-27-12-15-30-53(49)62(54(50)37-42)57-59-55(58-56(60-57)61-51-28-13-10-25-47(51)48-26-11-14-29-52(48)61)43-24-16-23-41(33-43)46-35-44(39-19-6-2-7-20-39)34-45(36-46)40-21-8-3-9-22-40/h1-37H/i1D,4D,5D,10D,11D,12D,13D,14D,15D,17D,18D,25D,26D,27D,28D,29D,30D,31D,32D,37D. The van der Waals surface area contributed by atoms with Crippen molar-refractivity contribution in [1.29, 1.82) is 0 Å². The Balaban J connectivity index is 1.26. The summed E-state index contributed by atoms with van der Waals surface area (Å²) >= 11 is 0. The first-order valence-electron chi connectivity index (χ1n) is 29.3. The van der Waals surface area contributed by atoms with Crippen molar-refractivity contribution in [3.05, 3.63) is 224 Å². The zero-order valence-electron chi connectivity index (χ0n) is 52.1. The first-order chi connectivity index (χ1) is 39.0. The summed E-state index contributed by atoms with van der Waals surface area (Å²) in [4.78, 5) is 14.7. The lowest BCUT2D eigenvalue weighted by atomic mass is 9.93.